The number of aliphatic imine (C=N–C) groups is 1. The van der Waals surface area contributed by atoms with Gasteiger partial charge in [-0.05, 0) is 73.6 Å². The minimum absolute atomic E-state index is 0.00680. The van der Waals surface area contributed by atoms with Crippen LogP contribution in [0.4, 0.5) is 18.9 Å². The molecule has 1 aromatic rings. The summed E-state index contributed by atoms with van der Waals surface area (Å²) < 4.78 is 47.6. The van der Waals surface area contributed by atoms with Gasteiger partial charge < -0.3 is 15.0 Å². The Bertz CT molecular complexity index is 1030. The number of nitrogens with one attached hydrogen (secondary N) is 1. The van der Waals surface area contributed by atoms with Crippen molar-refractivity contribution in [2.75, 3.05) is 24.6 Å². The first kappa shape index (κ1) is 24.5. The summed E-state index contributed by atoms with van der Waals surface area (Å²) >= 11 is 0. The molecule has 1 spiro atoms. The average Bonchev–Trinajstić information content (AvgIpc) is 3.46. The minimum atomic E-state index is -4.20. The number of hydrogen-bond acceptors (Lipinski definition) is 4. The van der Waals surface area contributed by atoms with Gasteiger partial charge in [-0.15, -0.1) is 0 Å². The van der Waals surface area contributed by atoms with E-state index in [2.05, 4.69) is 24.4 Å². The normalized spacial score (nSPS) is 34.9. The van der Waals surface area contributed by atoms with Crippen LogP contribution in [-0.4, -0.2) is 49.8 Å². The fraction of sp³-hybridized carbons (Fsp3) is 0.690. The third-order valence-electron chi connectivity index (χ3n) is 9.72. The van der Waals surface area contributed by atoms with Gasteiger partial charge >= 0.3 is 6.18 Å². The van der Waals surface area contributed by atoms with E-state index in [4.69, 9.17) is 9.73 Å². The first-order chi connectivity index (χ1) is 17.3. The van der Waals surface area contributed by atoms with Crippen LogP contribution in [-0.2, 0) is 11.2 Å². The summed E-state index contributed by atoms with van der Waals surface area (Å²) in [7, 11) is 0. The SMILES string of the molecule is CC1C=CC=NC1[C@]1(CCNC2CCN3c4c(cccc42)CC3C(F)(F)F)CCOC2(CCCC2)C1. The lowest BCUT2D eigenvalue weighted by Gasteiger charge is -2.51. The Morgan fingerprint density at radius 1 is 1.19 bits per heavy atom. The zero-order chi connectivity index (χ0) is 25.0. The quantitative estimate of drug-likeness (QED) is 0.525. The fourth-order valence-electron chi connectivity index (χ4n) is 8.10. The van der Waals surface area contributed by atoms with Crippen molar-refractivity contribution in [2.24, 2.45) is 16.3 Å². The molecular weight excluding hydrogens is 463 g/mol. The van der Waals surface area contributed by atoms with E-state index in [-0.39, 0.29) is 29.5 Å². The number of benzene rings is 1. The predicted octanol–water partition coefficient (Wildman–Crippen LogP) is 6.16. The van der Waals surface area contributed by atoms with E-state index >= 15 is 0 Å². The second kappa shape index (κ2) is 9.16. The van der Waals surface area contributed by atoms with E-state index in [1.807, 2.05) is 24.4 Å². The van der Waals surface area contributed by atoms with Gasteiger partial charge in [-0.2, -0.15) is 13.2 Å². The zero-order valence-electron chi connectivity index (χ0n) is 21.2. The van der Waals surface area contributed by atoms with Gasteiger partial charge in [0.05, 0.1) is 11.6 Å². The van der Waals surface area contributed by atoms with Crippen molar-refractivity contribution in [2.45, 2.75) is 94.6 Å². The number of dihydropyridines is 1. The van der Waals surface area contributed by atoms with E-state index in [1.54, 1.807) is 4.90 Å². The van der Waals surface area contributed by atoms with Crippen molar-refractivity contribution in [1.29, 1.82) is 0 Å². The molecule has 0 radical (unpaired) electrons. The van der Waals surface area contributed by atoms with Crippen LogP contribution in [0.2, 0.25) is 0 Å². The number of halogens is 3. The first-order valence-electron chi connectivity index (χ1n) is 13.8. The number of allylic oxidation sites excluding steroid dienone is 1. The molecule has 1 N–H and O–H groups in total. The summed E-state index contributed by atoms with van der Waals surface area (Å²) in [6.07, 6.45) is 10.8. The van der Waals surface area contributed by atoms with Crippen molar-refractivity contribution in [1.82, 2.24) is 5.32 Å². The molecule has 7 heteroatoms. The molecule has 1 aromatic carbocycles. The van der Waals surface area contributed by atoms with Crippen LogP contribution in [0.25, 0.3) is 0 Å². The van der Waals surface area contributed by atoms with Gasteiger partial charge in [-0.3, -0.25) is 4.99 Å². The summed E-state index contributed by atoms with van der Waals surface area (Å²) in [4.78, 5) is 6.62. The second-order valence-electron chi connectivity index (χ2n) is 11.9. The van der Waals surface area contributed by atoms with Crippen molar-refractivity contribution in [3.8, 4) is 0 Å². The maximum atomic E-state index is 13.7. The number of hydrogen-bond donors (Lipinski definition) is 1. The van der Waals surface area contributed by atoms with Gasteiger partial charge in [0.1, 0.15) is 6.04 Å². The Morgan fingerprint density at radius 3 is 2.81 bits per heavy atom. The monoisotopic (exact) mass is 501 g/mol. The van der Waals surface area contributed by atoms with Gasteiger partial charge in [0.25, 0.3) is 0 Å². The van der Waals surface area contributed by atoms with Crippen LogP contribution in [0.1, 0.15) is 75.5 Å². The average molecular weight is 502 g/mol. The summed E-state index contributed by atoms with van der Waals surface area (Å²) in [5.41, 5.74) is 2.78. The molecule has 4 heterocycles. The summed E-state index contributed by atoms with van der Waals surface area (Å²) in [5, 5.41) is 3.79. The molecule has 0 amide bonds. The van der Waals surface area contributed by atoms with Crippen molar-refractivity contribution in [3.63, 3.8) is 0 Å². The number of para-hydroxylation sites is 1. The van der Waals surface area contributed by atoms with Gasteiger partial charge in [-0.25, -0.2) is 0 Å². The Balaban J connectivity index is 1.20. The van der Waals surface area contributed by atoms with E-state index in [9.17, 15) is 13.2 Å². The van der Waals surface area contributed by atoms with Crippen molar-refractivity contribution in [3.05, 3.63) is 41.5 Å². The highest BCUT2D eigenvalue weighted by atomic mass is 19.4. The standard InChI is InChI=1S/C29H38F3N3O/c1-20-6-5-14-34-26(20)27(13-17-36-28(19-27)10-2-3-11-28)12-15-33-23-9-16-35-24(29(30,31)32)18-21-7-4-8-22(23)25(21)35/h4-8,14,20,23-24,26,33H,2-3,9-13,15-19H2,1H3/t20?,23?,24?,26?,27-/m1/s1. The molecule has 0 bridgehead atoms. The van der Waals surface area contributed by atoms with Crippen LogP contribution in [0.5, 0.6) is 0 Å². The molecule has 196 valence electrons. The molecule has 1 saturated heterocycles. The molecule has 5 aliphatic rings. The highest BCUT2D eigenvalue weighted by Gasteiger charge is 2.52. The van der Waals surface area contributed by atoms with Crippen LogP contribution < -0.4 is 10.2 Å². The molecule has 4 aliphatic heterocycles. The van der Waals surface area contributed by atoms with Crippen LogP contribution >= 0.6 is 0 Å². The van der Waals surface area contributed by atoms with E-state index in [0.29, 0.717) is 18.9 Å². The molecule has 1 saturated carbocycles. The summed E-state index contributed by atoms with van der Waals surface area (Å²) in [6.45, 7) is 4.37. The Hall–Kier alpha value is -1.86. The van der Waals surface area contributed by atoms with E-state index < -0.39 is 12.2 Å². The zero-order valence-corrected chi connectivity index (χ0v) is 21.2. The van der Waals surface area contributed by atoms with Crippen molar-refractivity contribution >= 4 is 11.9 Å². The Morgan fingerprint density at radius 2 is 2.03 bits per heavy atom. The molecule has 5 atom stereocenters. The smallest absolute Gasteiger partial charge is 0.375 e. The Kier molecular flexibility index (Phi) is 6.23. The fourth-order valence-corrected chi connectivity index (χ4v) is 8.10. The molecule has 36 heavy (non-hydrogen) atoms. The minimum Gasteiger partial charge on any atom is -0.375 e. The highest BCUT2D eigenvalue weighted by molar-refractivity contribution is 5.72. The summed E-state index contributed by atoms with van der Waals surface area (Å²) in [5.74, 6) is 0.395. The van der Waals surface area contributed by atoms with Crippen LogP contribution in [0.15, 0.2) is 35.3 Å². The predicted molar refractivity (Wildman–Crippen MR) is 137 cm³/mol. The van der Waals surface area contributed by atoms with E-state index in [1.165, 1.54) is 12.8 Å². The third-order valence-corrected chi connectivity index (χ3v) is 9.72. The van der Waals surface area contributed by atoms with Crippen molar-refractivity contribution < 1.29 is 17.9 Å². The largest absolute Gasteiger partial charge is 0.409 e. The number of ether oxygens (including phenoxy) is 1. The van der Waals surface area contributed by atoms with Crippen LogP contribution in [0, 0.1) is 11.3 Å². The molecule has 0 aromatic heterocycles. The lowest BCUT2D eigenvalue weighted by Crippen LogP contribution is -2.52. The second-order valence-corrected chi connectivity index (χ2v) is 11.9. The lowest BCUT2D eigenvalue weighted by molar-refractivity contribution is -0.147. The maximum Gasteiger partial charge on any atom is 0.409 e. The highest BCUT2D eigenvalue weighted by Crippen LogP contribution is 2.53. The molecule has 1 aliphatic carbocycles. The summed E-state index contributed by atoms with van der Waals surface area (Å²) in [6, 6.07) is 4.78. The van der Waals surface area contributed by atoms with Gasteiger partial charge in [0.2, 0.25) is 0 Å². The molecule has 4 nitrogen and oxygen atoms in total. The molecular formula is C29H38F3N3O. The van der Waals surface area contributed by atoms with E-state index in [0.717, 1.165) is 62.1 Å². The number of anilines is 1. The number of alkyl halides is 3. The number of nitrogens with zero attached hydrogens (tertiary/aromatic N) is 2. The Labute approximate surface area is 212 Å². The number of rotatable bonds is 5. The van der Waals surface area contributed by atoms with Gasteiger partial charge in [-0.1, -0.05) is 44.0 Å². The third kappa shape index (κ3) is 4.20. The molecule has 2 fully saturated rings. The maximum absolute atomic E-state index is 13.7. The first-order valence-corrected chi connectivity index (χ1v) is 13.8. The molecule has 6 rings (SSSR count). The van der Waals surface area contributed by atoms with Gasteiger partial charge in [0, 0.05) is 37.5 Å². The van der Waals surface area contributed by atoms with Crippen LogP contribution in [0.3, 0.4) is 0 Å². The molecule has 4 unspecified atom stereocenters. The van der Waals surface area contributed by atoms with Gasteiger partial charge in [0.15, 0.2) is 0 Å². The lowest BCUT2D eigenvalue weighted by atomic mass is 9.63. The topological polar surface area (TPSA) is 36.9 Å².